The maximum Gasteiger partial charge on any atom is 0.119 e. The molecule has 0 aliphatic rings. The Labute approximate surface area is 164 Å². The fourth-order valence-corrected chi connectivity index (χ4v) is 3.22. The van der Waals surface area contributed by atoms with Crippen LogP contribution in [0.5, 0.6) is 5.75 Å². The van der Waals surface area contributed by atoms with Gasteiger partial charge in [0.15, 0.2) is 0 Å². The van der Waals surface area contributed by atoms with E-state index in [0.717, 1.165) is 18.8 Å². The molecule has 0 aromatic heterocycles. The zero-order valence-electron chi connectivity index (χ0n) is 16.6. The van der Waals surface area contributed by atoms with Crippen LogP contribution in [0.1, 0.15) is 42.4 Å². The smallest absolute Gasteiger partial charge is 0.119 e. The molecular weight excluding hydrogens is 328 g/mol. The lowest BCUT2D eigenvalue weighted by atomic mass is 10.0. The number of hydrogen-bond acceptors (Lipinski definition) is 1. The summed E-state index contributed by atoms with van der Waals surface area (Å²) in [5.41, 5.74) is 6.56. The summed E-state index contributed by atoms with van der Waals surface area (Å²) in [6, 6.07) is 26.0. The molecule has 3 aromatic carbocycles. The lowest BCUT2D eigenvalue weighted by molar-refractivity contribution is 0.304. The molecule has 0 unspecified atom stereocenters. The first-order valence-electron chi connectivity index (χ1n) is 10.1. The first-order valence-corrected chi connectivity index (χ1v) is 10.1. The van der Waals surface area contributed by atoms with E-state index in [1.807, 2.05) is 0 Å². The Balaban J connectivity index is 1.32. The summed E-state index contributed by atoms with van der Waals surface area (Å²) < 4.78 is 5.89. The Morgan fingerprint density at radius 2 is 1.07 bits per heavy atom. The lowest BCUT2D eigenvalue weighted by Gasteiger charge is -2.08. The third kappa shape index (κ3) is 6.29. The second kappa shape index (κ2) is 9.97. The molecule has 0 radical (unpaired) electrons. The predicted octanol–water partition coefficient (Wildman–Crippen LogP) is 7.15. The van der Waals surface area contributed by atoms with Crippen molar-refractivity contribution in [1.82, 2.24) is 0 Å². The van der Waals surface area contributed by atoms with Gasteiger partial charge in [0.2, 0.25) is 0 Å². The number of unbranched alkanes of at least 4 members (excludes halogenated alkanes) is 3. The zero-order valence-corrected chi connectivity index (χ0v) is 16.6. The van der Waals surface area contributed by atoms with Gasteiger partial charge < -0.3 is 4.74 Å². The molecule has 0 spiro atoms. The summed E-state index contributed by atoms with van der Waals surface area (Å²) in [6.45, 7) is 5.05. The van der Waals surface area contributed by atoms with Crippen molar-refractivity contribution in [2.24, 2.45) is 0 Å². The van der Waals surface area contributed by atoms with Crippen molar-refractivity contribution in [2.45, 2.75) is 46.0 Å². The molecule has 0 aliphatic carbocycles. The van der Waals surface area contributed by atoms with Gasteiger partial charge in [0.05, 0.1) is 6.61 Å². The summed E-state index contributed by atoms with van der Waals surface area (Å²) in [4.78, 5) is 0. The van der Waals surface area contributed by atoms with Crippen molar-refractivity contribution in [3.05, 3.63) is 89.5 Å². The van der Waals surface area contributed by atoms with Gasteiger partial charge in [0.1, 0.15) is 5.75 Å². The molecule has 3 rings (SSSR count). The van der Waals surface area contributed by atoms with Crippen molar-refractivity contribution in [1.29, 1.82) is 0 Å². The van der Waals surface area contributed by atoms with Gasteiger partial charge in [0.25, 0.3) is 0 Å². The van der Waals surface area contributed by atoms with Crippen molar-refractivity contribution in [3.63, 3.8) is 0 Å². The highest BCUT2D eigenvalue weighted by Crippen LogP contribution is 2.23. The monoisotopic (exact) mass is 358 g/mol. The Kier molecular flexibility index (Phi) is 7.10. The molecule has 27 heavy (non-hydrogen) atoms. The average molecular weight is 359 g/mol. The van der Waals surface area contributed by atoms with Crippen LogP contribution >= 0.6 is 0 Å². The molecular formula is C26H30O. The standard InChI is InChI=1S/C26H30O/c1-21-8-12-23(13-9-21)7-5-3-4-6-20-27-26-18-16-25(17-19-26)24-14-10-22(2)11-15-24/h8-19H,3-7,20H2,1-2H3. The van der Waals surface area contributed by atoms with Crippen LogP contribution in [0.15, 0.2) is 72.8 Å². The molecule has 0 saturated carbocycles. The van der Waals surface area contributed by atoms with E-state index in [1.54, 1.807) is 0 Å². The van der Waals surface area contributed by atoms with Gasteiger partial charge in [0, 0.05) is 0 Å². The third-order valence-electron chi connectivity index (χ3n) is 4.99. The van der Waals surface area contributed by atoms with E-state index >= 15 is 0 Å². The molecule has 0 atom stereocenters. The number of ether oxygens (including phenoxy) is 1. The Hall–Kier alpha value is -2.54. The van der Waals surface area contributed by atoms with Crippen LogP contribution in [-0.2, 0) is 6.42 Å². The van der Waals surface area contributed by atoms with Crippen molar-refractivity contribution < 1.29 is 4.74 Å². The number of aryl methyl sites for hydroxylation is 3. The van der Waals surface area contributed by atoms with Gasteiger partial charge in [-0.1, -0.05) is 84.6 Å². The van der Waals surface area contributed by atoms with Crippen molar-refractivity contribution in [2.75, 3.05) is 6.61 Å². The minimum atomic E-state index is 0.800. The van der Waals surface area contributed by atoms with Crippen LogP contribution in [-0.4, -0.2) is 6.61 Å². The van der Waals surface area contributed by atoms with Crippen LogP contribution in [0, 0.1) is 13.8 Å². The minimum Gasteiger partial charge on any atom is -0.494 e. The fraction of sp³-hybridized carbons (Fsp3) is 0.308. The lowest BCUT2D eigenvalue weighted by Crippen LogP contribution is -1.97. The largest absolute Gasteiger partial charge is 0.494 e. The third-order valence-corrected chi connectivity index (χ3v) is 4.99. The molecule has 3 aromatic rings. The number of benzene rings is 3. The van der Waals surface area contributed by atoms with Crippen molar-refractivity contribution in [3.8, 4) is 16.9 Å². The highest BCUT2D eigenvalue weighted by Gasteiger charge is 1.99. The van der Waals surface area contributed by atoms with E-state index in [4.69, 9.17) is 4.74 Å². The van der Waals surface area contributed by atoms with Crippen LogP contribution in [0.2, 0.25) is 0 Å². The van der Waals surface area contributed by atoms with E-state index < -0.39 is 0 Å². The van der Waals surface area contributed by atoms with E-state index in [9.17, 15) is 0 Å². The van der Waals surface area contributed by atoms with Crippen molar-refractivity contribution >= 4 is 0 Å². The summed E-state index contributed by atoms with van der Waals surface area (Å²) in [6.07, 6.45) is 6.06. The minimum absolute atomic E-state index is 0.800. The van der Waals surface area contributed by atoms with E-state index in [-0.39, 0.29) is 0 Å². The first kappa shape index (κ1) is 19.2. The Morgan fingerprint density at radius 1 is 0.556 bits per heavy atom. The zero-order chi connectivity index (χ0) is 18.9. The summed E-state index contributed by atoms with van der Waals surface area (Å²) in [7, 11) is 0. The van der Waals surface area contributed by atoms with Crippen LogP contribution < -0.4 is 4.74 Å². The molecule has 0 saturated heterocycles. The molecule has 140 valence electrons. The van der Waals surface area contributed by atoms with Gasteiger partial charge >= 0.3 is 0 Å². The van der Waals surface area contributed by atoms with Gasteiger partial charge in [-0.3, -0.25) is 0 Å². The Bertz CT molecular complexity index is 798. The Morgan fingerprint density at radius 3 is 1.70 bits per heavy atom. The molecule has 0 amide bonds. The van der Waals surface area contributed by atoms with Gasteiger partial charge in [-0.2, -0.15) is 0 Å². The maximum atomic E-state index is 5.89. The maximum absolute atomic E-state index is 5.89. The molecule has 0 bridgehead atoms. The normalized spacial score (nSPS) is 10.7. The van der Waals surface area contributed by atoms with Crippen LogP contribution in [0.25, 0.3) is 11.1 Å². The van der Waals surface area contributed by atoms with Crippen LogP contribution in [0.4, 0.5) is 0 Å². The predicted molar refractivity (Wildman–Crippen MR) is 115 cm³/mol. The van der Waals surface area contributed by atoms with E-state index in [1.165, 1.54) is 53.5 Å². The topological polar surface area (TPSA) is 9.23 Å². The molecule has 0 fully saturated rings. The summed E-state index contributed by atoms with van der Waals surface area (Å²) in [5.74, 6) is 0.963. The molecule has 1 nitrogen and oxygen atoms in total. The first-order chi connectivity index (χ1) is 13.2. The highest BCUT2D eigenvalue weighted by molar-refractivity contribution is 5.64. The summed E-state index contributed by atoms with van der Waals surface area (Å²) >= 11 is 0. The van der Waals surface area contributed by atoms with Crippen LogP contribution in [0.3, 0.4) is 0 Å². The number of rotatable bonds is 9. The van der Waals surface area contributed by atoms with E-state index in [2.05, 4.69) is 86.6 Å². The quantitative estimate of drug-likeness (QED) is 0.369. The SMILES string of the molecule is Cc1ccc(CCCCCCOc2ccc(-c3ccc(C)cc3)cc2)cc1. The van der Waals surface area contributed by atoms with Gasteiger partial charge in [-0.05, 0) is 61.9 Å². The molecule has 0 aliphatic heterocycles. The molecule has 0 N–H and O–H groups in total. The summed E-state index contributed by atoms with van der Waals surface area (Å²) in [5, 5.41) is 0. The second-order valence-corrected chi connectivity index (χ2v) is 7.39. The average Bonchev–Trinajstić information content (AvgIpc) is 2.70. The van der Waals surface area contributed by atoms with Gasteiger partial charge in [-0.15, -0.1) is 0 Å². The molecule has 0 heterocycles. The highest BCUT2D eigenvalue weighted by atomic mass is 16.5. The van der Waals surface area contributed by atoms with E-state index in [0.29, 0.717) is 0 Å². The number of hydrogen-bond donors (Lipinski definition) is 0. The molecule has 1 heteroatoms. The second-order valence-electron chi connectivity index (χ2n) is 7.39. The fourth-order valence-electron chi connectivity index (χ4n) is 3.22. The van der Waals surface area contributed by atoms with Gasteiger partial charge in [-0.25, -0.2) is 0 Å².